The minimum absolute atomic E-state index is 0.00457. The second-order valence-corrected chi connectivity index (χ2v) is 8.90. The molecular weight excluding hydrogens is 520 g/mol. The number of allylic oxidation sites excluding steroid dienone is 1. The minimum Gasteiger partial charge on any atom is -0.496 e. The van der Waals surface area contributed by atoms with Gasteiger partial charge in [-0.2, -0.15) is 0 Å². The van der Waals surface area contributed by atoms with E-state index in [0.29, 0.717) is 68.2 Å². The van der Waals surface area contributed by atoms with Crippen LogP contribution in [0.4, 0.5) is 0 Å². The summed E-state index contributed by atoms with van der Waals surface area (Å²) in [4.78, 5) is 26.2. The fourth-order valence-corrected chi connectivity index (χ4v) is 5.08. The van der Waals surface area contributed by atoms with Crippen molar-refractivity contribution in [3.63, 3.8) is 0 Å². The smallest absolute Gasteiger partial charge is 0.312 e. The first-order chi connectivity index (χ1) is 19.4. The molecule has 2 aliphatic rings. The fourth-order valence-electron chi connectivity index (χ4n) is 5.08. The summed E-state index contributed by atoms with van der Waals surface area (Å²) in [6.07, 6.45) is 1.58. The van der Waals surface area contributed by atoms with E-state index in [-0.39, 0.29) is 18.0 Å². The van der Waals surface area contributed by atoms with Gasteiger partial charge in [-0.3, -0.25) is 9.59 Å². The van der Waals surface area contributed by atoms with E-state index in [2.05, 4.69) is 0 Å². The van der Waals surface area contributed by atoms with Gasteiger partial charge in [-0.1, -0.05) is 6.07 Å². The molecule has 5 rings (SSSR count). The van der Waals surface area contributed by atoms with Gasteiger partial charge in [-0.15, -0.1) is 0 Å². The van der Waals surface area contributed by atoms with Crippen molar-refractivity contribution in [1.82, 2.24) is 0 Å². The van der Waals surface area contributed by atoms with E-state index < -0.39 is 11.9 Å². The SMILES string of the molecule is COc1cc(OC)c(OC)cc1/C=C1\Oc2c(ccc3c2C(c2ccc(OC)c(OC)c2OC)CC(=O)O3)C1=O. The largest absolute Gasteiger partial charge is 0.496 e. The van der Waals surface area contributed by atoms with Crippen molar-refractivity contribution in [2.75, 3.05) is 42.7 Å². The van der Waals surface area contributed by atoms with Gasteiger partial charge in [-0.25, -0.2) is 0 Å². The summed E-state index contributed by atoms with van der Waals surface area (Å²) in [6.45, 7) is 0. The summed E-state index contributed by atoms with van der Waals surface area (Å²) < 4.78 is 44.8. The molecule has 2 heterocycles. The number of fused-ring (bicyclic) bond motifs is 3. The molecule has 1 atom stereocenters. The molecule has 208 valence electrons. The Kier molecular flexibility index (Phi) is 7.17. The standard InChI is InChI=1S/C30H28O10/c1-33-20-10-7-16(29(37-5)30(20)38-6)18-13-25(31)39-19-9-8-17-27(32)24(40-28(17)26(18)19)12-15-11-22(35-3)23(36-4)14-21(15)34-2/h7-12,14,18H,13H2,1-6H3/b24-12-. The minimum atomic E-state index is -0.552. The van der Waals surface area contributed by atoms with E-state index in [4.69, 9.17) is 37.9 Å². The Hall–Kier alpha value is -4.86. The third kappa shape index (κ3) is 4.31. The Morgan fingerprint density at radius 3 is 2.05 bits per heavy atom. The molecule has 0 saturated carbocycles. The van der Waals surface area contributed by atoms with Crippen LogP contribution in [0.25, 0.3) is 6.08 Å². The van der Waals surface area contributed by atoms with Crippen molar-refractivity contribution < 1.29 is 47.5 Å². The van der Waals surface area contributed by atoms with Crippen molar-refractivity contribution in [2.24, 2.45) is 0 Å². The maximum absolute atomic E-state index is 13.5. The van der Waals surface area contributed by atoms with E-state index in [9.17, 15) is 9.59 Å². The molecule has 0 amide bonds. The normalized spacial score (nSPS) is 16.4. The number of hydrogen-bond donors (Lipinski definition) is 0. The van der Waals surface area contributed by atoms with Crippen molar-refractivity contribution in [3.05, 3.63) is 64.4 Å². The Morgan fingerprint density at radius 1 is 0.725 bits per heavy atom. The molecule has 3 aromatic carbocycles. The van der Waals surface area contributed by atoms with Crippen LogP contribution in [0.5, 0.6) is 46.0 Å². The van der Waals surface area contributed by atoms with Gasteiger partial charge >= 0.3 is 5.97 Å². The van der Waals surface area contributed by atoms with Crippen molar-refractivity contribution >= 4 is 17.8 Å². The van der Waals surface area contributed by atoms with Crippen molar-refractivity contribution in [1.29, 1.82) is 0 Å². The van der Waals surface area contributed by atoms with Crippen molar-refractivity contribution in [2.45, 2.75) is 12.3 Å². The predicted molar refractivity (Wildman–Crippen MR) is 144 cm³/mol. The first kappa shape index (κ1) is 26.7. The van der Waals surface area contributed by atoms with Gasteiger partial charge in [0.15, 0.2) is 28.8 Å². The van der Waals surface area contributed by atoms with Crippen LogP contribution in [0, 0.1) is 0 Å². The van der Waals surface area contributed by atoms with Gasteiger partial charge < -0.3 is 37.9 Å². The number of esters is 1. The Bertz CT molecular complexity index is 1540. The highest BCUT2D eigenvalue weighted by molar-refractivity contribution is 6.15. The lowest BCUT2D eigenvalue weighted by Crippen LogP contribution is -2.22. The lowest BCUT2D eigenvalue weighted by molar-refractivity contribution is -0.135. The molecule has 0 bridgehead atoms. The van der Waals surface area contributed by atoms with Gasteiger partial charge in [-0.05, 0) is 30.3 Å². The van der Waals surface area contributed by atoms with E-state index in [0.717, 1.165) is 0 Å². The quantitative estimate of drug-likeness (QED) is 0.221. The van der Waals surface area contributed by atoms with Crippen LogP contribution in [-0.4, -0.2) is 54.4 Å². The van der Waals surface area contributed by atoms with E-state index in [1.807, 2.05) is 0 Å². The van der Waals surface area contributed by atoms with Crippen LogP contribution in [0.1, 0.15) is 39.4 Å². The highest BCUT2D eigenvalue weighted by Gasteiger charge is 2.40. The average Bonchev–Trinajstić information content (AvgIpc) is 3.29. The highest BCUT2D eigenvalue weighted by Crippen LogP contribution is 2.53. The maximum Gasteiger partial charge on any atom is 0.312 e. The zero-order valence-electron chi connectivity index (χ0n) is 22.9. The molecular formula is C30H28O10. The van der Waals surface area contributed by atoms with Gasteiger partial charge in [0.1, 0.15) is 17.2 Å². The second-order valence-electron chi connectivity index (χ2n) is 8.90. The molecule has 40 heavy (non-hydrogen) atoms. The zero-order valence-corrected chi connectivity index (χ0v) is 22.9. The van der Waals surface area contributed by atoms with Gasteiger partial charge in [0.25, 0.3) is 0 Å². The summed E-state index contributed by atoms with van der Waals surface area (Å²) in [7, 11) is 9.10. The van der Waals surface area contributed by atoms with Crippen LogP contribution in [-0.2, 0) is 4.79 Å². The molecule has 0 aliphatic carbocycles. The summed E-state index contributed by atoms with van der Waals surface area (Å²) in [5.41, 5.74) is 2.10. The van der Waals surface area contributed by atoms with Crippen LogP contribution >= 0.6 is 0 Å². The number of Topliss-reactive ketones (excluding diaryl/α,β-unsaturated/α-hetero) is 1. The van der Waals surface area contributed by atoms with Gasteiger partial charge in [0.05, 0.1) is 54.6 Å². The van der Waals surface area contributed by atoms with Gasteiger partial charge in [0.2, 0.25) is 11.5 Å². The van der Waals surface area contributed by atoms with Crippen molar-refractivity contribution in [3.8, 4) is 46.0 Å². The van der Waals surface area contributed by atoms with Crippen LogP contribution in [0.2, 0.25) is 0 Å². The van der Waals surface area contributed by atoms with Gasteiger partial charge in [0, 0.05) is 28.7 Å². The third-order valence-corrected chi connectivity index (χ3v) is 6.91. The molecule has 0 spiro atoms. The number of hydrogen-bond acceptors (Lipinski definition) is 10. The van der Waals surface area contributed by atoms with E-state index in [1.165, 1.54) is 42.7 Å². The van der Waals surface area contributed by atoms with Crippen LogP contribution in [0.15, 0.2) is 42.2 Å². The monoisotopic (exact) mass is 548 g/mol. The summed E-state index contributed by atoms with van der Waals surface area (Å²) in [6, 6.07) is 10.1. The predicted octanol–water partition coefficient (Wildman–Crippen LogP) is 4.80. The zero-order chi connectivity index (χ0) is 28.6. The Morgan fingerprint density at radius 2 is 1.40 bits per heavy atom. The topological polar surface area (TPSA) is 108 Å². The molecule has 2 aliphatic heterocycles. The molecule has 3 aromatic rings. The Balaban J connectivity index is 1.64. The molecule has 0 saturated heterocycles. The molecule has 10 nitrogen and oxygen atoms in total. The third-order valence-electron chi connectivity index (χ3n) is 6.91. The number of rotatable bonds is 8. The number of ketones is 1. The molecule has 1 unspecified atom stereocenters. The number of ether oxygens (including phenoxy) is 8. The highest BCUT2D eigenvalue weighted by atomic mass is 16.5. The molecule has 10 heteroatoms. The van der Waals surface area contributed by atoms with E-state index >= 15 is 0 Å². The van der Waals surface area contributed by atoms with Crippen LogP contribution < -0.4 is 37.9 Å². The number of benzene rings is 3. The summed E-state index contributed by atoms with van der Waals surface area (Å²) in [5.74, 6) is 2.03. The number of carbonyl (C=O) groups is 2. The average molecular weight is 549 g/mol. The molecule has 0 radical (unpaired) electrons. The first-order valence-electron chi connectivity index (χ1n) is 12.3. The fraction of sp³-hybridized carbons (Fsp3) is 0.267. The van der Waals surface area contributed by atoms with Crippen LogP contribution in [0.3, 0.4) is 0 Å². The summed E-state index contributed by atoms with van der Waals surface area (Å²) in [5, 5.41) is 0. The molecule has 0 aromatic heterocycles. The van der Waals surface area contributed by atoms with E-state index in [1.54, 1.807) is 42.5 Å². The lowest BCUT2D eigenvalue weighted by Gasteiger charge is -2.28. The number of carbonyl (C=O) groups excluding carboxylic acids is 2. The number of methoxy groups -OCH3 is 6. The maximum atomic E-state index is 13.5. The molecule has 0 fully saturated rings. The lowest BCUT2D eigenvalue weighted by atomic mass is 9.84. The molecule has 0 N–H and O–H groups in total. The summed E-state index contributed by atoms with van der Waals surface area (Å²) >= 11 is 0. The second kappa shape index (κ2) is 10.7. The first-order valence-corrected chi connectivity index (χ1v) is 12.3. The Labute approximate surface area is 230 Å².